The lowest BCUT2D eigenvalue weighted by Gasteiger charge is -2.28. The number of hydrogen-bond acceptors (Lipinski definition) is 7. The van der Waals surface area contributed by atoms with Crippen LogP contribution < -0.4 is 15.0 Å². The fourth-order valence-electron chi connectivity index (χ4n) is 4.17. The van der Waals surface area contributed by atoms with Crippen molar-refractivity contribution in [2.24, 2.45) is 0 Å². The second-order valence-corrected chi connectivity index (χ2v) is 8.12. The van der Waals surface area contributed by atoms with Gasteiger partial charge in [-0.2, -0.15) is 0 Å². The molecule has 9 heteroatoms. The van der Waals surface area contributed by atoms with Gasteiger partial charge in [-0.1, -0.05) is 18.2 Å². The van der Waals surface area contributed by atoms with Crippen molar-refractivity contribution in [1.82, 2.24) is 25.3 Å². The first-order valence-electron chi connectivity index (χ1n) is 11.2. The number of amides is 1. The fraction of sp³-hybridized carbons (Fsp3) is 0.280. The number of methoxy groups -OCH3 is 1. The number of carbonyl (C=O) groups is 1. The molecule has 9 nitrogen and oxygen atoms in total. The highest BCUT2D eigenvalue weighted by Crippen LogP contribution is 2.30. The van der Waals surface area contributed by atoms with Crippen molar-refractivity contribution in [2.45, 2.75) is 13.0 Å². The number of fused-ring (bicyclic) bond motifs is 1. The van der Waals surface area contributed by atoms with Crippen LogP contribution in [-0.2, 0) is 4.74 Å². The topological polar surface area (TPSA) is 105 Å². The van der Waals surface area contributed by atoms with Crippen molar-refractivity contribution in [3.05, 3.63) is 66.5 Å². The summed E-state index contributed by atoms with van der Waals surface area (Å²) >= 11 is 0. The molecular formula is C25H26N6O3. The number of anilines is 1. The van der Waals surface area contributed by atoms with Gasteiger partial charge in [0.05, 0.1) is 38.2 Å². The summed E-state index contributed by atoms with van der Waals surface area (Å²) in [6, 6.07) is 9.45. The molecule has 1 unspecified atom stereocenters. The highest BCUT2D eigenvalue weighted by atomic mass is 16.5. The number of rotatable bonds is 6. The van der Waals surface area contributed by atoms with Crippen LogP contribution in [0.15, 0.2) is 55.1 Å². The monoisotopic (exact) mass is 458 g/mol. The highest BCUT2D eigenvalue weighted by Gasteiger charge is 2.18. The molecular weight excluding hydrogens is 432 g/mol. The van der Waals surface area contributed by atoms with E-state index in [9.17, 15) is 4.79 Å². The van der Waals surface area contributed by atoms with E-state index >= 15 is 0 Å². The predicted octanol–water partition coefficient (Wildman–Crippen LogP) is 3.36. The summed E-state index contributed by atoms with van der Waals surface area (Å²) in [7, 11) is 1.61. The van der Waals surface area contributed by atoms with Gasteiger partial charge in [-0.25, -0.2) is 15.0 Å². The number of hydrogen-bond donors (Lipinski definition) is 2. The van der Waals surface area contributed by atoms with Crippen LogP contribution in [0.1, 0.15) is 29.1 Å². The molecule has 4 heterocycles. The Hall–Kier alpha value is -3.98. The Morgan fingerprint density at radius 1 is 1.15 bits per heavy atom. The first-order valence-corrected chi connectivity index (χ1v) is 11.2. The number of aromatic nitrogens is 4. The molecule has 0 saturated carbocycles. The van der Waals surface area contributed by atoms with Crippen LogP contribution in [0.3, 0.4) is 0 Å². The third-order valence-corrected chi connectivity index (χ3v) is 6.01. The predicted molar refractivity (Wildman–Crippen MR) is 129 cm³/mol. The Bertz CT molecular complexity index is 1300. The van der Waals surface area contributed by atoms with E-state index in [1.54, 1.807) is 19.5 Å². The number of ether oxygens (including phenoxy) is 2. The molecule has 0 radical (unpaired) electrons. The van der Waals surface area contributed by atoms with Crippen LogP contribution in [0.25, 0.3) is 22.2 Å². The number of aromatic amines is 1. The Balaban J connectivity index is 1.35. The van der Waals surface area contributed by atoms with Crippen molar-refractivity contribution in [3.63, 3.8) is 0 Å². The number of para-hydroxylation sites is 1. The number of benzene rings is 1. The van der Waals surface area contributed by atoms with E-state index in [0.29, 0.717) is 13.2 Å². The summed E-state index contributed by atoms with van der Waals surface area (Å²) < 4.78 is 10.8. The smallest absolute Gasteiger partial charge is 0.289 e. The second-order valence-electron chi connectivity index (χ2n) is 8.12. The molecule has 3 aromatic heterocycles. The van der Waals surface area contributed by atoms with Gasteiger partial charge < -0.3 is 24.7 Å². The van der Waals surface area contributed by atoms with Crippen molar-refractivity contribution in [1.29, 1.82) is 0 Å². The van der Waals surface area contributed by atoms with Crippen molar-refractivity contribution in [2.75, 3.05) is 38.3 Å². The number of H-pyrrole nitrogens is 1. The molecule has 4 aromatic rings. The number of morpholine rings is 1. The first-order chi connectivity index (χ1) is 16.6. The average Bonchev–Trinajstić information content (AvgIpc) is 3.32. The highest BCUT2D eigenvalue weighted by molar-refractivity contribution is 5.95. The molecule has 1 amide bonds. The molecule has 1 saturated heterocycles. The van der Waals surface area contributed by atoms with Gasteiger partial charge in [-0.15, -0.1) is 0 Å². The molecule has 0 spiro atoms. The summed E-state index contributed by atoms with van der Waals surface area (Å²) in [4.78, 5) is 31.4. The maximum absolute atomic E-state index is 12.7. The minimum Gasteiger partial charge on any atom is -0.496 e. The van der Waals surface area contributed by atoms with Gasteiger partial charge in [0.15, 0.2) is 0 Å². The van der Waals surface area contributed by atoms with Gasteiger partial charge in [0, 0.05) is 53.8 Å². The van der Waals surface area contributed by atoms with Crippen molar-refractivity contribution in [3.8, 4) is 16.9 Å². The first kappa shape index (κ1) is 21.8. The molecule has 0 bridgehead atoms. The summed E-state index contributed by atoms with van der Waals surface area (Å²) in [5.74, 6) is 0.480. The van der Waals surface area contributed by atoms with E-state index < -0.39 is 0 Å². The van der Waals surface area contributed by atoms with E-state index in [1.165, 1.54) is 0 Å². The van der Waals surface area contributed by atoms with Crippen LogP contribution in [-0.4, -0.2) is 59.3 Å². The van der Waals surface area contributed by atoms with E-state index in [-0.39, 0.29) is 17.8 Å². The summed E-state index contributed by atoms with van der Waals surface area (Å²) in [6.07, 6.45) is 7.10. The zero-order valence-electron chi connectivity index (χ0n) is 19.1. The second kappa shape index (κ2) is 9.48. The quantitative estimate of drug-likeness (QED) is 0.456. The van der Waals surface area contributed by atoms with Crippen LogP contribution in [0.4, 0.5) is 5.69 Å². The van der Waals surface area contributed by atoms with E-state index in [0.717, 1.165) is 52.3 Å². The van der Waals surface area contributed by atoms with Crippen LogP contribution in [0.2, 0.25) is 0 Å². The van der Waals surface area contributed by atoms with E-state index in [2.05, 4.69) is 36.2 Å². The molecule has 5 rings (SSSR count). The zero-order valence-corrected chi connectivity index (χ0v) is 19.1. The minimum atomic E-state index is -0.347. The number of nitrogens with zero attached hydrogens (tertiary/aromatic N) is 4. The number of carbonyl (C=O) groups excluding carboxylic acids is 1. The number of nitrogens with one attached hydrogen (secondary N) is 2. The third-order valence-electron chi connectivity index (χ3n) is 6.01. The molecule has 2 N–H and O–H groups in total. The molecule has 1 fully saturated rings. The lowest BCUT2D eigenvalue weighted by molar-refractivity contribution is 0.0929. The molecule has 1 aliphatic rings. The SMILES string of the molecule is COc1ccccc1C(C)NC(=O)c1ncc(-c2c[nH]c3ncc(N4CCOCC4)cc23)cn1. The van der Waals surface area contributed by atoms with Gasteiger partial charge in [-0.05, 0) is 19.1 Å². The Kier molecular flexibility index (Phi) is 6.09. The van der Waals surface area contributed by atoms with Gasteiger partial charge in [0.25, 0.3) is 5.91 Å². The fourth-order valence-corrected chi connectivity index (χ4v) is 4.17. The molecule has 1 atom stereocenters. The maximum Gasteiger partial charge on any atom is 0.289 e. The summed E-state index contributed by atoms with van der Waals surface area (Å²) in [6.45, 7) is 5.01. The molecule has 1 aliphatic heterocycles. The standard InChI is InChI=1S/C25H26N6O3/c1-16(19-5-3-4-6-22(19)33-2)30-25(32)24-26-12-17(13-27-24)21-15-29-23-20(21)11-18(14-28-23)31-7-9-34-10-8-31/h3-6,11-16H,7-10H2,1-2H3,(H,28,29)(H,30,32). The largest absolute Gasteiger partial charge is 0.496 e. The lowest BCUT2D eigenvalue weighted by Crippen LogP contribution is -2.36. The van der Waals surface area contributed by atoms with E-state index in [1.807, 2.05) is 43.6 Å². The van der Waals surface area contributed by atoms with Crippen molar-refractivity contribution < 1.29 is 14.3 Å². The molecule has 1 aromatic carbocycles. The zero-order chi connectivity index (χ0) is 23.5. The van der Waals surface area contributed by atoms with Crippen molar-refractivity contribution >= 4 is 22.6 Å². The summed E-state index contributed by atoms with van der Waals surface area (Å²) in [5.41, 5.74) is 4.48. The molecule has 34 heavy (non-hydrogen) atoms. The maximum atomic E-state index is 12.7. The normalized spacial score (nSPS) is 14.7. The Labute approximate surface area is 197 Å². The average molecular weight is 459 g/mol. The van der Waals surface area contributed by atoms with Gasteiger partial charge in [-0.3, -0.25) is 4.79 Å². The van der Waals surface area contributed by atoms with Gasteiger partial charge >= 0.3 is 0 Å². The minimum absolute atomic E-state index is 0.109. The van der Waals surface area contributed by atoms with E-state index in [4.69, 9.17) is 9.47 Å². The molecule has 0 aliphatic carbocycles. The summed E-state index contributed by atoms with van der Waals surface area (Å²) in [5, 5.41) is 3.92. The molecule has 174 valence electrons. The van der Waals surface area contributed by atoms with Crippen LogP contribution >= 0.6 is 0 Å². The van der Waals surface area contributed by atoms with Gasteiger partial charge in [0.1, 0.15) is 11.4 Å². The van der Waals surface area contributed by atoms with Gasteiger partial charge in [0.2, 0.25) is 5.82 Å². The Morgan fingerprint density at radius 3 is 2.68 bits per heavy atom. The lowest BCUT2D eigenvalue weighted by atomic mass is 10.1. The number of pyridine rings is 1. The third kappa shape index (κ3) is 4.29. The van der Waals surface area contributed by atoms with Crippen LogP contribution in [0.5, 0.6) is 5.75 Å². The van der Waals surface area contributed by atoms with Crippen LogP contribution in [0, 0.1) is 0 Å². The Morgan fingerprint density at radius 2 is 1.91 bits per heavy atom.